The van der Waals surface area contributed by atoms with E-state index in [-0.39, 0.29) is 0 Å². The number of nitrogens with zero attached hydrogens (tertiary/aromatic N) is 2. The van der Waals surface area contributed by atoms with Crippen LogP contribution in [-0.2, 0) is 6.54 Å². The Morgan fingerprint density at radius 1 is 1.12 bits per heavy atom. The van der Waals surface area contributed by atoms with E-state index in [1.807, 2.05) is 0 Å². The molecule has 1 heterocycles. The number of hydrogen-bond acceptors (Lipinski definition) is 2. The lowest BCUT2D eigenvalue weighted by atomic mass is 10.1. The molecule has 0 atom stereocenters. The highest BCUT2D eigenvalue weighted by atomic mass is 15.1. The number of fused-ring (bicyclic) bond motifs is 1. The Hall–Kier alpha value is -1.15. The van der Waals surface area contributed by atoms with Gasteiger partial charge in [-0.05, 0) is 44.5 Å². The molecule has 0 amide bonds. The Morgan fingerprint density at radius 3 is 2.94 bits per heavy atom. The fourth-order valence-electron chi connectivity index (χ4n) is 2.10. The van der Waals surface area contributed by atoms with Gasteiger partial charge in [-0.15, -0.1) is 0 Å². The fraction of sp³-hybridized carbons (Fsp3) is 0.500. The van der Waals surface area contributed by atoms with Crippen LogP contribution in [0.25, 0.3) is 0 Å². The van der Waals surface area contributed by atoms with Crippen molar-refractivity contribution in [3.05, 3.63) is 29.8 Å². The van der Waals surface area contributed by atoms with Gasteiger partial charge in [-0.3, -0.25) is 4.99 Å². The summed E-state index contributed by atoms with van der Waals surface area (Å²) in [6.45, 7) is 2.20. The fourth-order valence-corrected chi connectivity index (χ4v) is 2.10. The lowest BCUT2D eigenvalue weighted by Gasteiger charge is -2.17. The van der Waals surface area contributed by atoms with Gasteiger partial charge in [0.1, 0.15) is 0 Å². The van der Waals surface area contributed by atoms with E-state index in [1.165, 1.54) is 31.4 Å². The van der Waals surface area contributed by atoms with Gasteiger partial charge in [-0.25, -0.2) is 0 Å². The zero-order valence-electron chi connectivity index (χ0n) is 10.0. The summed E-state index contributed by atoms with van der Waals surface area (Å²) in [5.41, 5.74) is 2.47. The maximum absolute atomic E-state index is 4.57. The SMILES string of the molecule is CN1CCCCCC=Nc2ccccc2C1. The largest absolute Gasteiger partial charge is 0.302 e. The van der Waals surface area contributed by atoms with Crippen LogP contribution in [0.3, 0.4) is 0 Å². The molecular weight excluding hydrogens is 196 g/mol. The molecule has 2 heteroatoms. The quantitative estimate of drug-likeness (QED) is 0.649. The van der Waals surface area contributed by atoms with Crippen molar-refractivity contribution in [3.63, 3.8) is 0 Å². The van der Waals surface area contributed by atoms with Crippen molar-refractivity contribution in [1.29, 1.82) is 0 Å². The molecule has 0 aliphatic carbocycles. The van der Waals surface area contributed by atoms with E-state index in [2.05, 4.69) is 47.4 Å². The number of benzene rings is 1. The van der Waals surface area contributed by atoms with Crippen molar-refractivity contribution in [2.24, 2.45) is 4.99 Å². The van der Waals surface area contributed by atoms with Crippen molar-refractivity contribution in [2.75, 3.05) is 13.6 Å². The molecule has 1 aliphatic heterocycles. The summed E-state index contributed by atoms with van der Waals surface area (Å²) >= 11 is 0. The molecule has 0 aromatic heterocycles. The topological polar surface area (TPSA) is 15.6 Å². The molecule has 0 N–H and O–H groups in total. The van der Waals surface area contributed by atoms with Gasteiger partial charge in [-0.2, -0.15) is 0 Å². The van der Waals surface area contributed by atoms with Crippen molar-refractivity contribution >= 4 is 11.9 Å². The summed E-state index contributed by atoms with van der Waals surface area (Å²) in [5.74, 6) is 0. The predicted molar refractivity (Wildman–Crippen MR) is 69.4 cm³/mol. The van der Waals surface area contributed by atoms with E-state index in [0.717, 1.165) is 18.7 Å². The molecular formula is C14H20N2. The molecule has 0 fully saturated rings. The summed E-state index contributed by atoms with van der Waals surface area (Å²) < 4.78 is 0. The first-order valence-electron chi connectivity index (χ1n) is 6.15. The summed E-state index contributed by atoms with van der Waals surface area (Å²) in [6.07, 6.45) is 7.06. The molecule has 2 nitrogen and oxygen atoms in total. The lowest BCUT2D eigenvalue weighted by Crippen LogP contribution is -2.19. The van der Waals surface area contributed by atoms with Crippen molar-refractivity contribution < 1.29 is 0 Å². The van der Waals surface area contributed by atoms with Crippen LogP contribution >= 0.6 is 0 Å². The van der Waals surface area contributed by atoms with Gasteiger partial charge in [-0.1, -0.05) is 24.6 Å². The Morgan fingerprint density at radius 2 is 2.00 bits per heavy atom. The molecule has 0 saturated carbocycles. The minimum atomic E-state index is 1.01. The van der Waals surface area contributed by atoms with E-state index in [1.54, 1.807) is 0 Å². The van der Waals surface area contributed by atoms with Crippen LogP contribution in [0.4, 0.5) is 5.69 Å². The van der Waals surface area contributed by atoms with Gasteiger partial charge >= 0.3 is 0 Å². The summed E-state index contributed by atoms with van der Waals surface area (Å²) in [5, 5.41) is 0. The van der Waals surface area contributed by atoms with Crippen molar-refractivity contribution in [2.45, 2.75) is 32.2 Å². The van der Waals surface area contributed by atoms with E-state index >= 15 is 0 Å². The Balaban J connectivity index is 2.20. The molecule has 0 bridgehead atoms. The van der Waals surface area contributed by atoms with Crippen LogP contribution in [0.5, 0.6) is 0 Å². The third kappa shape index (κ3) is 3.17. The minimum absolute atomic E-state index is 1.01. The molecule has 1 aliphatic rings. The minimum Gasteiger partial charge on any atom is -0.302 e. The molecule has 1 aromatic rings. The maximum Gasteiger partial charge on any atom is 0.0670 e. The second-order valence-electron chi connectivity index (χ2n) is 4.53. The number of hydrogen-bond donors (Lipinski definition) is 0. The highest BCUT2D eigenvalue weighted by molar-refractivity contribution is 5.64. The zero-order chi connectivity index (χ0) is 11.2. The molecule has 16 heavy (non-hydrogen) atoms. The summed E-state index contributed by atoms with van der Waals surface area (Å²) in [4.78, 5) is 6.96. The van der Waals surface area contributed by atoms with Gasteiger partial charge in [0, 0.05) is 12.8 Å². The summed E-state index contributed by atoms with van der Waals surface area (Å²) in [6, 6.07) is 8.45. The smallest absolute Gasteiger partial charge is 0.0670 e. The molecule has 0 radical (unpaired) electrons. The van der Waals surface area contributed by atoms with E-state index in [0.29, 0.717) is 0 Å². The summed E-state index contributed by atoms with van der Waals surface area (Å²) in [7, 11) is 2.19. The third-order valence-corrected chi connectivity index (χ3v) is 3.04. The van der Waals surface area contributed by atoms with Gasteiger partial charge in [0.05, 0.1) is 5.69 Å². The van der Waals surface area contributed by atoms with Gasteiger partial charge in [0.2, 0.25) is 0 Å². The Kier molecular flexibility index (Phi) is 4.11. The number of rotatable bonds is 0. The first-order valence-corrected chi connectivity index (χ1v) is 6.15. The lowest BCUT2D eigenvalue weighted by molar-refractivity contribution is 0.318. The third-order valence-electron chi connectivity index (χ3n) is 3.04. The Labute approximate surface area is 98.0 Å². The monoisotopic (exact) mass is 216 g/mol. The Bertz CT molecular complexity index is 358. The first kappa shape index (κ1) is 11.3. The first-order chi connectivity index (χ1) is 7.86. The van der Waals surface area contributed by atoms with Crippen LogP contribution in [0.2, 0.25) is 0 Å². The van der Waals surface area contributed by atoms with E-state index < -0.39 is 0 Å². The van der Waals surface area contributed by atoms with Crippen molar-refractivity contribution in [3.8, 4) is 0 Å². The van der Waals surface area contributed by atoms with Gasteiger partial charge < -0.3 is 4.90 Å². The average molecular weight is 216 g/mol. The highest BCUT2D eigenvalue weighted by Gasteiger charge is 2.05. The van der Waals surface area contributed by atoms with Gasteiger partial charge in [0.15, 0.2) is 0 Å². The van der Waals surface area contributed by atoms with Crippen LogP contribution in [0.1, 0.15) is 31.2 Å². The van der Waals surface area contributed by atoms with Gasteiger partial charge in [0.25, 0.3) is 0 Å². The highest BCUT2D eigenvalue weighted by Crippen LogP contribution is 2.20. The molecule has 0 saturated heterocycles. The molecule has 0 spiro atoms. The molecule has 2 rings (SSSR count). The normalized spacial score (nSPS) is 18.8. The number of aliphatic imine (C=N–C) groups is 1. The second-order valence-corrected chi connectivity index (χ2v) is 4.53. The molecule has 0 unspecified atom stereocenters. The van der Waals surface area contributed by atoms with E-state index in [4.69, 9.17) is 0 Å². The average Bonchev–Trinajstić information content (AvgIpc) is 2.33. The van der Waals surface area contributed by atoms with E-state index in [9.17, 15) is 0 Å². The number of para-hydroxylation sites is 1. The predicted octanol–water partition coefficient (Wildman–Crippen LogP) is 3.39. The standard InChI is InChI=1S/C14H20N2/c1-16-11-7-3-2-6-10-15-14-9-5-4-8-13(14)12-16/h4-5,8-10H,2-3,6-7,11-12H2,1H3. The van der Waals surface area contributed by atoms with Crippen LogP contribution in [-0.4, -0.2) is 24.7 Å². The van der Waals surface area contributed by atoms with Crippen LogP contribution < -0.4 is 0 Å². The van der Waals surface area contributed by atoms with Crippen LogP contribution in [0, 0.1) is 0 Å². The molecule has 86 valence electrons. The maximum atomic E-state index is 4.57. The molecule has 1 aromatic carbocycles. The van der Waals surface area contributed by atoms with Crippen molar-refractivity contribution in [1.82, 2.24) is 4.90 Å². The zero-order valence-corrected chi connectivity index (χ0v) is 10.0. The van der Waals surface area contributed by atoms with Crippen LogP contribution in [0.15, 0.2) is 29.3 Å². The second kappa shape index (κ2) is 5.80.